The minimum absolute atomic E-state index is 0.0282. The van der Waals surface area contributed by atoms with Gasteiger partial charge in [0.2, 0.25) is 0 Å². The SMILES string of the molecule is CCNC(=NCc1cccc(OCC(=O)N(C)C)c1)NCCc1ncc(CC)s1. The largest absolute Gasteiger partial charge is 0.484 e. The predicted molar refractivity (Wildman–Crippen MR) is 119 cm³/mol. The van der Waals surface area contributed by atoms with Crippen LogP contribution in [-0.2, 0) is 24.2 Å². The Kier molecular flexibility index (Phi) is 9.43. The first-order chi connectivity index (χ1) is 14.0. The van der Waals surface area contributed by atoms with Gasteiger partial charge in [-0.3, -0.25) is 4.79 Å². The molecule has 0 aliphatic rings. The molecule has 2 aromatic rings. The Morgan fingerprint density at radius 3 is 2.79 bits per heavy atom. The lowest BCUT2D eigenvalue weighted by Crippen LogP contribution is -2.38. The molecule has 29 heavy (non-hydrogen) atoms. The number of aromatic nitrogens is 1. The summed E-state index contributed by atoms with van der Waals surface area (Å²) >= 11 is 1.77. The van der Waals surface area contributed by atoms with Gasteiger partial charge >= 0.3 is 0 Å². The van der Waals surface area contributed by atoms with Crippen molar-refractivity contribution in [1.29, 1.82) is 0 Å². The van der Waals surface area contributed by atoms with Crippen molar-refractivity contribution in [3.63, 3.8) is 0 Å². The summed E-state index contributed by atoms with van der Waals surface area (Å²) in [5, 5.41) is 7.76. The third kappa shape index (κ3) is 8.11. The first-order valence-electron chi connectivity index (χ1n) is 9.89. The Balaban J connectivity index is 1.88. The molecule has 0 aliphatic carbocycles. The zero-order valence-electron chi connectivity index (χ0n) is 17.7. The van der Waals surface area contributed by atoms with E-state index in [2.05, 4.69) is 27.5 Å². The van der Waals surface area contributed by atoms with Gasteiger partial charge in [-0.2, -0.15) is 0 Å². The number of ether oxygens (including phenoxy) is 1. The third-order valence-electron chi connectivity index (χ3n) is 4.10. The maximum Gasteiger partial charge on any atom is 0.259 e. The number of carbonyl (C=O) groups excluding carboxylic acids is 1. The molecule has 1 amide bonds. The zero-order chi connectivity index (χ0) is 21.1. The summed E-state index contributed by atoms with van der Waals surface area (Å²) < 4.78 is 5.57. The van der Waals surface area contributed by atoms with Crippen LogP contribution in [-0.4, -0.2) is 55.5 Å². The second-order valence-corrected chi connectivity index (χ2v) is 7.87. The molecule has 1 aromatic carbocycles. The average molecular weight is 418 g/mol. The second-order valence-electron chi connectivity index (χ2n) is 6.67. The number of aliphatic imine (C=N–C) groups is 1. The predicted octanol–water partition coefficient (Wildman–Crippen LogP) is 2.47. The van der Waals surface area contributed by atoms with Gasteiger partial charge in [0.15, 0.2) is 12.6 Å². The van der Waals surface area contributed by atoms with E-state index in [1.165, 1.54) is 9.78 Å². The Morgan fingerprint density at radius 1 is 1.28 bits per heavy atom. The summed E-state index contributed by atoms with van der Waals surface area (Å²) in [7, 11) is 3.42. The van der Waals surface area contributed by atoms with E-state index in [1.807, 2.05) is 37.4 Å². The highest BCUT2D eigenvalue weighted by Crippen LogP contribution is 2.15. The lowest BCUT2D eigenvalue weighted by Gasteiger charge is -2.12. The maximum absolute atomic E-state index is 11.7. The molecule has 2 N–H and O–H groups in total. The topological polar surface area (TPSA) is 78.9 Å². The standard InChI is InChI=1S/C21H31N5O2S/c1-5-18-14-24-19(29-18)10-11-23-21(22-6-2)25-13-16-8-7-9-17(12-16)28-15-20(27)26(3)4/h7-9,12,14H,5-6,10-11,13,15H2,1-4H3,(H2,22,23,25). The smallest absolute Gasteiger partial charge is 0.259 e. The van der Waals surface area contributed by atoms with Crippen LogP contribution in [0.3, 0.4) is 0 Å². The lowest BCUT2D eigenvalue weighted by molar-refractivity contribution is -0.130. The molecule has 7 nitrogen and oxygen atoms in total. The molecule has 0 unspecified atom stereocenters. The summed E-state index contributed by atoms with van der Waals surface area (Å²) in [6.07, 6.45) is 3.86. The van der Waals surface area contributed by atoms with Crippen LogP contribution in [0.4, 0.5) is 0 Å². The molecule has 8 heteroatoms. The fourth-order valence-corrected chi connectivity index (χ4v) is 3.30. The van der Waals surface area contributed by atoms with Crippen LogP contribution in [0.1, 0.15) is 29.3 Å². The van der Waals surface area contributed by atoms with E-state index >= 15 is 0 Å². The van der Waals surface area contributed by atoms with Crippen LogP contribution in [0.2, 0.25) is 0 Å². The number of rotatable bonds is 10. The molecule has 0 aliphatic heterocycles. The van der Waals surface area contributed by atoms with Gasteiger partial charge in [0.05, 0.1) is 11.6 Å². The van der Waals surface area contributed by atoms with Gasteiger partial charge in [0, 0.05) is 44.7 Å². The minimum atomic E-state index is -0.0710. The van der Waals surface area contributed by atoms with Crippen LogP contribution >= 0.6 is 11.3 Å². The summed E-state index contributed by atoms with van der Waals surface area (Å²) in [5.74, 6) is 1.37. The fourth-order valence-electron chi connectivity index (χ4n) is 2.43. The summed E-state index contributed by atoms with van der Waals surface area (Å²) in [4.78, 5) is 23.6. The van der Waals surface area contributed by atoms with Gasteiger partial charge in [-0.15, -0.1) is 11.3 Å². The van der Waals surface area contributed by atoms with E-state index in [0.717, 1.165) is 42.5 Å². The van der Waals surface area contributed by atoms with E-state index in [1.54, 1.807) is 25.4 Å². The molecule has 0 saturated heterocycles. The summed E-state index contributed by atoms with van der Waals surface area (Å²) in [6, 6.07) is 7.67. The monoisotopic (exact) mass is 417 g/mol. The number of aryl methyl sites for hydroxylation is 1. The van der Waals surface area contributed by atoms with E-state index in [-0.39, 0.29) is 12.5 Å². The number of guanidine groups is 1. The Labute approximate surface area is 177 Å². The normalized spacial score (nSPS) is 11.2. The van der Waals surface area contributed by atoms with Crippen molar-refractivity contribution in [3.8, 4) is 5.75 Å². The van der Waals surface area contributed by atoms with Crippen LogP contribution in [0, 0.1) is 0 Å². The summed E-state index contributed by atoms with van der Waals surface area (Å²) in [6.45, 7) is 6.30. The Morgan fingerprint density at radius 2 is 2.10 bits per heavy atom. The number of likely N-dealkylation sites (N-methyl/N-ethyl adjacent to an activating group) is 1. The number of thiazole rings is 1. The van der Waals surface area contributed by atoms with Crippen molar-refractivity contribution in [1.82, 2.24) is 20.5 Å². The highest BCUT2D eigenvalue weighted by atomic mass is 32.1. The van der Waals surface area contributed by atoms with Gasteiger partial charge in [-0.25, -0.2) is 9.98 Å². The van der Waals surface area contributed by atoms with E-state index in [4.69, 9.17) is 4.74 Å². The number of amides is 1. The van der Waals surface area contributed by atoms with Crippen molar-refractivity contribution in [2.75, 3.05) is 33.8 Å². The first kappa shape index (κ1) is 22.7. The van der Waals surface area contributed by atoms with Crippen LogP contribution < -0.4 is 15.4 Å². The number of carbonyl (C=O) groups is 1. The van der Waals surface area contributed by atoms with Crippen molar-refractivity contribution in [2.24, 2.45) is 4.99 Å². The van der Waals surface area contributed by atoms with E-state index in [9.17, 15) is 4.79 Å². The molecule has 0 bridgehead atoms. The van der Waals surface area contributed by atoms with Gasteiger partial charge in [0.1, 0.15) is 5.75 Å². The number of nitrogens with one attached hydrogen (secondary N) is 2. The van der Waals surface area contributed by atoms with E-state index < -0.39 is 0 Å². The molecule has 0 spiro atoms. The number of nitrogens with zero attached hydrogens (tertiary/aromatic N) is 3. The van der Waals surface area contributed by atoms with Crippen molar-refractivity contribution < 1.29 is 9.53 Å². The Hall–Kier alpha value is -2.61. The summed E-state index contributed by atoms with van der Waals surface area (Å²) in [5.41, 5.74) is 1.02. The number of benzene rings is 1. The van der Waals surface area contributed by atoms with E-state index in [0.29, 0.717) is 12.3 Å². The van der Waals surface area contributed by atoms with Crippen molar-refractivity contribution >= 4 is 23.2 Å². The highest BCUT2D eigenvalue weighted by Gasteiger charge is 2.06. The highest BCUT2D eigenvalue weighted by molar-refractivity contribution is 7.11. The molecule has 0 fully saturated rings. The zero-order valence-corrected chi connectivity index (χ0v) is 18.5. The van der Waals surface area contributed by atoms with Gasteiger partial charge < -0.3 is 20.3 Å². The Bertz CT molecular complexity index is 804. The quantitative estimate of drug-likeness (QED) is 0.459. The average Bonchev–Trinajstić information content (AvgIpc) is 3.18. The molecule has 158 valence electrons. The van der Waals surface area contributed by atoms with Crippen molar-refractivity contribution in [3.05, 3.63) is 45.9 Å². The van der Waals surface area contributed by atoms with Crippen LogP contribution in [0.15, 0.2) is 35.5 Å². The van der Waals surface area contributed by atoms with Gasteiger partial charge in [-0.05, 0) is 31.0 Å². The molecule has 0 atom stereocenters. The van der Waals surface area contributed by atoms with Gasteiger partial charge in [-0.1, -0.05) is 19.1 Å². The first-order valence-corrected chi connectivity index (χ1v) is 10.7. The van der Waals surface area contributed by atoms with Gasteiger partial charge in [0.25, 0.3) is 5.91 Å². The lowest BCUT2D eigenvalue weighted by atomic mass is 10.2. The number of hydrogen-bond donors (Lipinski definition) is 2. The molecule has 0 radical (unpaired) electrons. The van der Waals surface area contributed by atoms with Crippen molar-refractivity contribution in [2.45, 2.75) is 33.2 Å². The molecule has 0 saturated carbocycles. The fraction of sp³-hybridized carbons (Fsp3) is 0.476. The molecular formula is C21H31N5O2S. The molecule has 2 rings (SSSR count). The van der Waals surface area contributed by atoms with Crippen LogP contribution in [0.25, 0.3) is 0 Å². The molecule has 1 aromatic heterocycles. The molecule has 1 heterocycles. The third-order valence-corrected chi connectivity index (χ3v) is 5.31. The molecular weight excluding hydrogens is 386 g/mol. The maximum atomic E-state index is 11.7. The number of hydrogen-bond acceptors (Lipinski definition) is 5. The second kappa shape index (κ2) is 12.1. The minimum Gasteiger partial charge on any atom is -0.484 e. The van der Waals surface area contributed by atoms with Crippen LogP contribution in [0.5, 0.6) is 5.75 Å².